The molecule has 1 fully saturated rings. The Morgan fingerprint density at radius 1 is 1.90 bits per heavy atom. The second kappa shape index (κ2) is 2.21. The van der Waals surface area contributed by atoms with Gasteiger partial charge in [0.05, 0.1) is 6.61 Å². The first-order valence-electron chi connectivity index (χ1n) is 3.07. The van der Waals surface area contributed by atoms with Crippen molar-refractivity contribution in [2.24, 2.45) is 5.41 Å². The summed E-state index contributed by atoms with van der Waals surface area (Å²) < 4.78 is 4.52. The van der Waals surface area contributed by atoms with Crippen molar-refractivity contribution in [1.29, 1.82) is 0 Å². The summed E-state index contributed by atoms with van der Waals surface area (Å²) in [6.45, 7) is 1.11. The molecule has 0 aromatic heterocycles. The summed E-state index contributed by atoms with van der Waals surface area (Å²) in [4.78, 5) is 10.8. The van der Waals surface area contributed by atoms with Crippen LogP contribution in [-0.4, -0.2) is 35.5 Å². The summed E-state index contributed by atoms with van der Waals surface area (Å²) in [6, 6.07) is 0. The number of esters is 1. The fourth-order valence-electron chi connectivity index (χ4n) is 0.809. The Morgan fingerprint density at radius 2 is 2.50 bits per heavy atom. The van der Waals surface area contributed by atoms with E-state index in [2.05, 4.69) is 4.74 Å². The molecule has 10 heavy (non-hydrogen) atoms. The predicted molar refractivity (Wildman–Crippen MR) is 32.2 cm³/mol. The Hall–Kier alpha value is -0.610. The van der Waals surface area contributed by atoms with Gasteiger partial charge in [-0.25, -0.2) is 0 Å². The van der Waals surface area contributed by atoms with Crippen molar-refractivity contribution in [3.63, 3.8) is 0 Å². The van der Waals surface area contributed by atoms with E-state index in [0.717, 1.165) is 0 Å². The van der Waals surface area contributed by atoms with Gasteiger partial charge in [-0.15, -0.1) is 0 Å². The Kier molecular flexibility index (Phi) is 1.66. The number of hydrogen-bond acceptors (Lipinski definition) is 4. The molecule has 0 amide bonds. The van der Waals surface area contributed by atoms with E-state index in [9.17, 15) is 4.79 Å². The van der Waals surface area contributed by atoms with Gasteiger partial charge in [-0.2, -0.15) is 0 Å². The fourth-order valence-corrected chi connectivity index (χ4v) is 0.809. The van der Waals surface area contributed by atoms with E-state index in [1.54, 1.807) is 0 Å². The molecule has 2 N–H and O–H groups in total. The van der Waals surface area contributed by atoms with Crippen LogP contribution in [0.25, 0.3) is 0 Å². The highest BCUT2D eigenvalue weighted by atomic mass is 16.6. The molecule has 0 saturated carbocycles. The minimum atomic E-state index is -1.10. The lowest BCUT2D eigenvalue weighted by atomic mass is 9.88. The zero-order chi connectivity index (χ0) is 7.78. The van der Waals surface area contributed by atoms with Gasteiger partial charge in [-0.3, -0.25) is 4.79 Å². The maximum absolute atomic E-state index is 10.8. The summed E-state index contributed by atoms with van der Waals surface area (Å²) >= 11 is 0. The first kappa shape index (κ1) is 7.50. The average molecular weight is 146 g/mol. The molecule has 0 spiro atoms. The van der Waals surface area contributed by atoms with Gasteiger partial charge in [0, 0.05) is 0 Å². The van der Waals surface area contributed by atoms with Crippen LogP contribution in [0.2, 0.25) is 0 Å². The molecule has 1 aliphatic rings. The van der Waals surface area contributed by atoms with Crippen LogP contribution in [0, 0.1) is 5.41 Å². The highest BCUT2D eigenvalue weighted by Crippen LogP contribution is 2.28. The van der Waals surface area contributed by atoms with Crippen LogP contribution in [-0.2, 0) is 9.53 Å². The molecule has 4 nitrogen and oxygen atoms in total. The van der Waals surface area contributed by atoms with Crippen molar-refractivity contribution in [2.75, 3.05) is 13.2 Å². The Morgan fingerprint density at radius 3 is 2.70 bits per heavy atom. The van der Waals surface area contributed by atoms with E-state index in [4.69, 9.17) is 10.2 Å². The zero-order valence-corrected chi connectivity index (χ0v) is 5.70. The van der Waals surface area contributed by atoms with Crippen molar-refractivity contribution in [3.05, 3.63) is 0 Å². The van der Waals surface area contributed by atoms with Crippen LogP contribution in [0.5, 0.6) is 0 Å². The Balaban J connectivity index is 2.80. The highest BCUT2D eigenvalue weighted by molar-refractivity contribution is 5.79. The second-order valence-electron chi connectivity index (χ2n) is 2.69. The van der Waals surface area contributed by atoms with Gasteiger partial charge in [0.1, 0.15) is 18.1 Å². The van der Waals surface area contributed by atoms with Crippen molar-refractivity contribution in [1.82, 2.24) is 0 Å². The van der Waals surface area contributed by atoms with Crippen LogP contribution < -0.4 is 0 Å². The van der Waals surface area contributed by atoms with Crippen molar-refractivity contribution >= 4 is 5.97 Å². The normalized spacial score (nSPS) is 39.9. The molecule has 0 aliphatic carbocycles. The molecular formula is C6H10O4. The number of aliphatic hydroxyl groups is 2. The molecule has 58 valence electrons. The van der Waals surface area contributed by atoms with Gasteiger partial charge in [-0.1, -0.05) is 0 Å². The first-order chi connectivity index (χ1) is 4.61. The van der Waals surface area contributed by atoms with Crippen molar-refractivity contribution in [3.8, 4) is 0 Å². The number of hydrogen-bond donors (Lipinski definition) is 2. The van der Waals surface area contributed by atoms with E-state index in [0.29, 0.717) is 0 Å². The number of cyclic esters (lactones) is 1. The van der Waals surface area contributed by atoms with Gasteiger partial charge in [0.25, 0.3) is 0 Å². The second-order valence-corrected chi connectivity index (χ2v) is 2.69. The number of aliphatic hydroxyl groups excluding tert-OH is 2. The molecule has 0 bridgehead atoms. The molecule has 1 aliphatic heterocycles. The lowest BCUT2D eigenvalue weighted by Gasteiger charge is -2.18. The monoisotopic (exact) mass is 146 g/mol. The maximum atomic E-state index is 10.8. The summed E-state index contributed by atoms with van der Waals surface area (Å²) in [5.74, 6) is -0.525. The number of rotatable bonds is 1. The zero-order valence-electron chi connectivity index (χ0n) is 5.70. The molecule has 1 heterocycles. The predicted octanol–water partition coefficient (Wildman–Crippen LogP) is -1.10. The molecule has 0 radical (unpaired) electrons. The Labute approximate surface area is 58.4 Å². The third-order valence-corrected chi connectivity index (χ3v) is 1.90. The fraction of sp³-hybridized carbons (Fsp3) is 0.833. The van der Waals surface area contributed by atoms with Crippen LogP contribution in [0.15, 0.2) is 0 Å². The number of ether oxygens (including phenoxy) is 1. The van der Waals surface area contributed by atoms with Crippen LogP contribution in [0.1, 0.15) is 6.92 Å². The molecule has 0 aromatic rings. The van der Waals surface area contributed by atoms with E-state index in [1.807, 2.05) is 0 Å². The minimum absolute atomic E-state index is 0.00407. The highest BCUT2D eigenvalue weighted by Gasteiger charge is 2.47. The minimum Gasteiger partial charge on any atom is -0.462 e. The van der Waals surface area contributed by atoms with Crippen LogP contribution in [0.4, 0.5) is 0 Å². The van der Waals surface area contributed by atoms with Crippen LogP contribution >= 0.6 is 0 Å². The third kappa shape index (κ3) is 0.803. The maximum Gasteiger partial charge on any atom is 0.317 e. The van der Waals surface area contributed by atoms with E-state index in [1.165, 1.54) is 6.92 Å². The summed E-state index contributed by atoms with van der Waals surface area (Å²) in [7, 11) is 0. The van der Waals surface area contributed by atoms with Gasteiger partial charge in [-0.05, 0) is 6.92 Å². The first-order valence-corrected chi connectivity index (χ1v) is 3.07. The van der Waals surface area contributed by atoms with Gasteiger partial charge in [0.2, 0.25) is 0 Å². The molecule has 4 heteroatoms. The van der Waals surface area contributed by atoms with Gasteiger partial charge < -0.3 is 14.9 Å². The SMILES string of the molecule is CC1(CO)C(=O)OCC1O. The van der Waals surface area contributed by atoms with E-state index >= 15 is 0 Å². The van der Waals surface area contributed by atoms with Gasteiger partial charge >= 0.3 is 5.97 Å². The lowest BCUT2D eigenvalue weighted by Crippen LogP contribution is -2.37. The standard InChI is InChI=1S/C6H10O4/c1-6(3-7)4(8)2-10-5(6)9/h4,7-8H,2-3H2,1H3. The van der Waals surface area contributed by atoms with E-state index < -0.39 is 17.5 Å². The van der Waals surface area contributed by atoms with Crippen molar-refractivity contribution in [2.45, 2.75) is 13.0 Å². The summed E-state index contributed by atoms with van der Waals surface area (Å²) in [5.41, 5.74) is -1.10. The van der Waals surface area contributed by atoms with Crippen LogP contribution in [0.3, 0.4) is 0 Å². The number of carbonyl (C=O) groups excluding carboxylic acids is 1. The number of carbonyl (C=O) groups is 1. The van der Waals surface area contributed by atoms with Crippen molar-refractivity contribution < 1.29 is 19.7 Å². The molecule has 1 saturated heterocycles. The average Bonchev–Trinajstić information content (AvgIpc) is 2.18. The molecule has 1 rings (SSSR count). The summed E-state index contributed by atoms with van der Waals surface area (Å²) in [5, 5.41) is 17.8. The molecule has 2 atom stereocenters. The molecular weight excluding hydrogens is 136 g/mol. The van der Waals surface area contributed by atoms with E-state index in [-0.39, 0.29) is 13.2 Å². The topological polar surface area (TPSA) is 66.8 Å². The summed E-state index contributed by atoms with van der Waals surface area (Å²) in [6.07, 6.45) is -0.870. The lowest BCUT2D eigenvalue weighted by molar-refractivity contribution is -0.148. The quantitative estimate of drug-likeness (QED) is 0.461. The Bertz CT molecular complexity index is 156. The largest absolute Gasteiger partial charge is 0.462 e. The molecule has 0 aromatic carbocycles. The smallest absolute Gasteiger partial charge is 0.317 e. The molecule has 2 unspecified atom stereocenters. The third-order valence-electron chi connectivity index (χ3n) is 1.90. The van der Waals surface area contributed by atoms with Gasteiger partial charge in [0.15, 0.2) is 0 Å².